The van der Waals surface area contributed by atoms with Crippen LogP contribution in [-0.4, -0.2) is 50.6 Å². The minimum atomic E-state index is -0.984. The van der Waals surface area contributed by atoms with Gasteiger partial charge in [-0.25, -0.2) is 19.1 Å². The molecule has 2 amide bonds. The first kappa shape index (κ1) is 25.6. The van der Waals surface area contributed by atoms with E-state index in [0.717, 1.165) is 11.1 Å². The van der Waals surface area contributed by atoms with Gasteiger partial charge in [-0.1, -0.05) is 18.2 Å². The van der Waals surface area contributed by atoms with E-state index in [1.807, 2.05) is 0 Å². The second-order valence-corrected chi connectivity index (χ2v) is 9.18. The summed E-state index contributed by atoms with van der Waals surface area (Å²) in [5.41, 5.74) is 4.31. The van der Waals surface area contributed by atoms with E-state index in [1.54, 1.807) is 49.4 Å². The number of benzene rings is 2. The predicted molar refractivity (Wildman–Crippen MR) is 139 cm³/mol. The molecule has 3 N–H and O–H groups in total. The number of carbonyl (C=O) groups is 4. The van der Waals surface area contributed by atoms with Crippen LogP contribution in [0.3, 0.4) is 0 Å². The van der Waals surface area contributed by atoms with Crippen molar-refractivity contribution in [3.8, 4) is 0 Å². The lowest BCUT2D eigenvalue weighted by Gasteiger charge is -2.16. The van der Waals surface area contributed by atoms with Gasteiger partial charge >= 0.3 is 11.9 Å². The summed E-state index contributed by atoms with van der Waals surface area (Å²) in [5, 5.41) is 19.4. The molecular weight excluding hydrogens is 502 g/mol. The maximum absolute atomic E-state index is 13.4. The summed E-state index contributed by atoms with van der Waals surface area (Å²) in [6, 6.07) is 12.7. The number of amides is 2. The van der Waals surface area contributed by atoms with Crippen LogP contribution in [0.5, 0.6) is 0 Å². The highest BCUT2D eigenvalue weighted by molar-refractivity contribution is 5.98. The van der Waals surface area contributed by atoms with Gasteiger partial charge in [0.1, 0.15) is 11.4 Å². The molecule has 5 rings (SSSR count). The Bertz CT molecular complexity index is 1640. The van der Waals surface area contributed by atoms with Crippen molar-refractivity contribution in [1.29, 1.82) is 0 Å². The van der Waals surface area contributed by atoms with Crippen LogP contribution in [0, 0.1) is 6.92 Å². The van der Waals surface area contributed by atoms with Crippen molar-refractivity contribution in [2.45, 2.75) is 32.4 Å². The molecule has 2 heterocycles. The maximum Gasteiger partial charge on any atom is 0.337 e. The normalized spacial score (nSPS) is 14.1. The first-order chi connectivity index (χ1) is 18.8. The van der Waals surface area contributed by atoms with Crippen LogP contribution < -0.4 is 10.6 Å². The van der Waals surface area contributed by atoms with Crippen LogP contribution in [0.1, 0.15) is 76.4 Å². The van der Waals surface area contributed by atoms with Crippen LogP contribution in [0.2, 0.25) is 0 Å². The number of nitrogens with one attached hydrogen (secondary N) is 2. The van der Waals surface area contributed by atoms with Crippen LogP contribution in [0.25, 0.3) is 5.65 Å². The molecule has 0 aliphatic heterocycles. The lowest BCUT2D eigenvalue weighted by Crippen LogP contribution is -2.30. The number of aromatic nitrogens is 3. The monoisotopic (exact) mass is 527 g/mol. The first-order valence-corrected chi connectivity index (χ1v) is 12.2. The second-order valence-electron chi connectivity index (χ2n) is 9.18. The average molecular weight is 528 g/mol. The molecule has 2 aromatic carbocycles. The third-order valence-corrected chi connectivity index (χ3v) is 6.85. The smallest absolute Gasteiger partial charge is 0.337 e. The number of methoxy groups -OCH3 is 1. The fourth-order valence-electron chi connectivity index (χ4n) is 4.88. The third kappa shape index (κ3) is 4.93. The zero-order valence-corrected chi connectivity index (χ0v) is 21.2. The Morgan fingerprint density at radius 3 is 2.69 bits per heavy atom. The van der Waals surface area contributed by atoms with Gasteiger partial charge in [-0.2, -0.15) is 5.10 Å². The first-order valence-electron chi connectivity index (χ1n) is 12.2. The van der Waals surface area contributed by atoms with Crippen molar-refractivity contribution in [2.24, 2.45) is 0 Å². The number of carboxylic acids is 1. The van der Waals surface area contributed by atoms with E-state index < -0.39 is 23.8 Å². The van der Waals surface area contributed by atoms with Crippen LogP contribution in [0.4, 0.5) is 0 Å². The SMILES string of the molecule is COC(=O)c1cccc(CNC(=O)c2cc(C(=O)N[C@H]3CCc4c3ccc(C(=O)O)c4C)n3nccc3n2)c1. The number of fused-ring (bicyclic) bond motifs is 2. The largest absolute Gasteiger partial charge is 0.478 e. The van der Waals surface area contributed by atoms with Gasteiger partial charge in [0.05, 0.1) is 30.5 Å². The van der Waals surface area contributed by atoms with E-state index in [1.165, 1.54) is 23.9 Å². The molecule has 0 fully saturated rings. The zero-order valence-electron chi connectivity index (χ0n) is 21.2. The van der Waals surface area contributed by atoms with Crippen LogP contribution in [-0.2, 0) is 17.7 Å². The number of hydrogen-bond acceptors (Lipinski definition) is 7. The van der Waals surface area contributed by atoms with Gasteiger partial charge in [0, 0.05) is 18.7 Å². The fraction of sp³-hybridized carbons (Fsp3) is 0.214. The molecule has 198 valence electrons. The third-order valence-electron chi connectivity index (χ3n) is 6.85. The Hall–Kier alpha value is -5.06. The summed E-state index contributed by atoms with van der Waals surface area (Å²) < 4.78 is 6.10. The number of carboxylic acid groups (broad SMARTS) is 1. The van der Waals surface area contributed by atoms with Gasteiger partial charge in [-0.3, -0.25) is 9.59 Å². The zero-order chi connectivity index (χ0) is 27.7. The summed E-state index contributed by atoms with van der Waals surface area (Å²) in [6.07, 6.45) is 2.75. The number of rotatable bonds is 7. The molecule has 11 heteroatoms. The van der Waals surface area contributed by atoms with Gasteiger partial charge in [-0.15, -0.1) is 0 Å². The Morgan fingerprint density at radius 1 is 1.10 bits per heavy atom. The molecule has 2 aromatic heterocycles. The van der Waals surface area contributed by atoms with E-state index in [4.69, 9.17) is 4.74 Å². The number of nitrogens with zero attached hydrogens (tertiary/aromatic N) is 3. The highest BCUT2D eigenvalue weighted by atomic mass is 16.5. The highest BCUT2D eigenvalue weighted by Crippen LogP contribution is 2.35. The molecule has 4 aromatic rings. The van der Waals surface area contributed by atoms with Gasteiger partial charge < -0.3 is 20.5 Å². The van der Waals surface area contributed by atoms with Crippen molar-refractivity contribution >= 4 is 29.4 Å². The number of carbonyl (C=O) groups excluding carboxylic acids is 3. The van der Waals surface area contributed by atoms with Crippen LogP contribution >= 0.6 is 0 Å². The van der Waals surface area contributed by atoms with E-state index in [9.17, 15) is 24.3 Å². The van der Waals surface area contributed by atoms with Gasteiger partial charge in [0.15, 0.2) is 5.65 Å². The van der Waals surface area contributed by atoms with Gasteiger partial charge in [0.25, 0.3) is 11.8 Å². The summed E-state index contributed by atoms with van der Waals surface area (Å²) in [6.45, 7) is 1.91. The molecule has 1 atom stereocenters. The van der Waals surface area contributed by atoms with Crippen LogP contribution in [0.15, 0.2) is 54.7 Å². The molecule has 1 aliphatic rings. The summed E-state index contributed by atoms with van der Waals surface area (Å²) in [7, 11) is 1.30. The van der Waals surface area contributed by atoms with Crippen molar-refractivity contribution in [1.82, 2.24) is 25.2 Å². The maximum atomic E-state index is 13.4. The lowest BCUT2D eigenvalue weighted by molar-refractivity contribution is 0.0599. The predicted octanol–water partition coefficient (Wildman–Crippen LogP) is 2.87. The molecule has 0 saturated heterocycles. The van der Waals surface area contributed by atoms with E-state index >= 15 is 0 Å². The molecule has 0 unspecified atom stereocenters. The molecule has 11 nitrogen and oxygen atoms in total. The molecule has 1 aliphatic carbocycles. The van der Waals surface area contributed by atoms with E-state index in [2.05, 4.69) is 20.7 Å². The highest BCUT2D eigenvalue weighted by Gasteiger charge is 2.28. The second kappa shape index (κ2) is 10.4. The Morgan fingerprint density at radius 2 is 1.92 bits per heavy atom. The lowest BCUT2D eigenvalue weighted by atomic mass is 9.98. The number of hydrogen-bond donors (Lipinski definition) is 3. The minimum Gasteiger partial charge on any atom is -0.478 e. The molecule has 0 radical (unpaired) electrons. The fourth-order valence-corrected chi connectivity index (χ4v) is 4.88. The topological polar surface area (TPSA) is 152 Å². The average Bonchev–Trinajstić information content (AvgIpc) is 3.58. The Labute approximate surface area is 222 Å². The molecule has 39 heavy (non-hydrogen) atoms. The van der Waals surface area contributed by atoms with Gasteiger partial charge in [-0.05, 0) is 60.2 Å². The van der Waals surface area contributed by atoms with Crippen molar-refractivity contribution in [2.75, 3.05) is 7.11 Å². The Kier molecular flexibility index (Phi) is 6.80. The number of aromatic carboxylic acids is 1. The Balaban J connectivity index is 1.36. The standard InChI is InChI=1S/C28H25N5O6/c1-15-18-8-9-21(20(18)7-6-19(15)27(36)37)32-26(35)23-13-22(31-24-10-11-30-33(23)24)25(34)29-14-16-4-3-5-17(12-16)28(38)39-2/h3-7,10-13,21H,8-9,14H2,1-2H3,(H,29,34)(H,32,35)(H,36,37)/t21-/m0/s1. The van der Waals surface area contributed by atoms with Crippen molar-refractivity contribution in [3.63, 3.8) is 0 Å². The summed E-state index contributed by atoms with van der Waals surface area (Å²) in [5.74, 6) is -2.40. The number of ether oxygens (including phenoxy) is 1. The van der Waals surface area contributed by atoms with Gasteiger partial charge in [0.2, 0.25) is 0 Å². The minimum absolute atomic E-state index is 0.0334. The quantitative estimate of drug-likeness (QED) is 0.310. The molecule has 0 spiro atoms. The summed E-state index contributed by atoms with van der Waals surface area (Å²) in [4.78, 5) is 54.0. The van der Waals surface area contributed by atoms with Crippen molar-refractivity contribution in [3.05, 3.63) is 99.5 Å². The molecule has 0 saturated carbocycles. The number of esters is 1. The molecular formula is C28H25N5O6. The van der Waals surface area contributed by atoms with E-state index in [-0.39, 0.29) is 29.5 Å². The van der Waals surface area contributed by atoms with E-state index in [0.29, 0.717) is 35.2 Å². The molecule has 0 bridgehead atoms. The summed E-state index contributed by atoms with van der Waals surface area (Å²) >= 11 is 0. The van der Waals surface area contributed by atoms with Crippen molar-refractivity contribution < 1.29 is 29.0 Å².